The molecule has 5 rings (SSSR count). The molecule has 2 fully saturated rings. The Hall–Kier alpha value is -3.76. The van der Waals surface area contributed by atoms with Crippen molar-refractivity contribution < 1.29 is 27.8 Å². The second kappa shape index (κ2) is 9.71. The Morgan fingerprint density at radius 3 is 2.69 bits per heavy atom. The number of ether oxygens (including phenoxy) is 2. The molecule has 1 spiro atoms. The first-order valence-electron chi connectivity index (χ1n) is 11.8. The Bertz CT molecular complexity index is 1260. The van der Waals surface area contributed by atoms with Gasteiger partial charge >= 0.3 is 0 Å². The Morgan fingerprint density at radius 1 is 1.19 bits per heavy atom. The van der Waals surface area contributed by atoms with E-state index in [9.17, 15) is 18.4 Å². The first-order chi connectivity index (χ1) is 17.4. The van der Waals surface area contributed by atoms with Gasteiger partial charge in [-0.2, -0.15) is 5.10 Å². The fourth-order valence-electron chi connectivity index (χ4n) is 5.19. The van der Waals surface area contributed by atoms with Crippen LogP contribution in [0.1, 0.15) is 41.6 Å². The molecule has 3 aromatic rings. The lowest BCUT2D eigenvalue weighted by molar-refractivity contribution is -0.117. The lowest BCUT2D eigenvalue weighted by Crippen LogP contribution is -2.58. The molecule has 0 radical (unpaired) electrons. The highest BCUT2D eigenvalue weighted by molar-refractivity contribution is 6.00. The third-order valence-corrected chi connectivity index (χ3v) is 6.89. The van der Waals surface area contributed by atoms with Gasteiger partial charge in [-0.25, -0.2) is 18.3 Å². The number of rotatable bonds is 10. The topological polar surface area (TPSA) is 121 Å². The van der Waals surface area contributed by atoms with Gasteiger partial charge in [0, 0.05) is 17.8 Å². The van der Waals surface area contributed by atoms with Crippen LogP contribution in [0.25, 0.3) is 5.52 Å². The summed E-state index contributed by atoms with van der Waals surface area (Å²) in [4.78, 5) is 28.4. The maximum absolute atomic E-state index is 12.9. The van der Waals surface area contributed by atoms with E-state index in [4.69, 9.17) is 15.2 Å². The number of amides is 2. The molecule has 2 amide bonds. The zero-order valence-electron chi connectivity index (χ0n) is 19.5. The molecule has 190 valence electrons. The molecule has 36 heavy (non-hydrogen) atoms. The number of hydrogen-bond donors (Lipinski definition) is 2. The Kier molecular flexibility index (Phi) is 6.46. The number of alkyl halides is 2. The van der Waals surface area contributed by atoms with Crippen LogP contribution in [-0.4, -0.2) is 58.0 Å². The van der Waals surface area contributed by atoms with Crippen molar-refractivity contribution in [3.8, 4) is 11.6 Å². The molecular weight excluding hydrogens is 472 g/mol. The van der Waals surface area contributed by atoms with Crippen LogP contribution in [0.5, 0.6) is 11.6 Å². The smallest absolute Gasteiger partial charge is 0.255 e. The monoisotopic (exact) mass is 499 g/mol. The van der Waals surface area contributed by atoms with Crippen LogP contribution >= 0.6 is 0 Å². The van der Waals surface area contributed by atoms with Crippen molar-refractivity contribution in [1.29, 1.82) is 0 Å². The number of nitrogens with one attached hydrogen (secondary N) is 1. The summed E-state index contributed by atoms with van der Waals surface area (Å²) in [7, 11) is 0. The molecule has 3 heterocycles. The SMILES string of the molecule is NC(=O)Cc1cccnc1OC1CC2(CC(NC(=O)c3cnn4cc(OC(CF)CF)ccc34)C2)C1. The van der Waals surface area contributed by atoms with Crippen molar-refractivity contribution in [1.82, 2.24) is 19.9 Å². The van der Waals surface area contributed by atoms with Crippen LogP contribution in [0.3, 0.4) is 0 Å². The zero-order chi connectivity index (χ0) is 25.3. The highest BCUT2D eigenvalue weighted by Gasteiger charge is 2.54. The minimum atomic E-state index is -1.16. The Balaban J connectivity index is 1.13. The largest absolute Gasteiger partial charge is 0.483 e. The molecule has 0 unspecified atom stereocenters. The summed E-state index contributed by atoms with van der Waals surface area (Å²) in [6.07, 6.45) is 6.99. The van der Waals surface area contributed by atoms with Gasteiger partial charge in [0.15, 0.2) is 6.10 Å². The van der Waals surface area contributed by atoms with E-state index in [1.165, 1.54) is 16.9 Å². The molecular formula is C25H27F2N5O4. The molecule has 0 aliphatic heterocycles. The van der Waals surface area contributed by atoms with Gasteiger partial charge in [0.2, 0.25) is 11.8 Å². The second-order valence-electron chi connectivity index (χ2n) is 9.64. The predicted molar refractivity (Wildman–Crippen MR) is 125 cm³/mol. The van der Waals surface area contributed by atoms with Gasteiger partial charge < -0.3 is 20.5 Å². The fourth-order valence-corrected chi connectivity index (χ4v) is 5.19. The van der Waals surface area contributed by atoms with E-state index >= 15 is 0 Å². The molecule has 11 heteroatoms. The number of halogens is 2. The third kappa shape index (κ3) is 4.82. The molecule has 0 aromatic carbocycles. The summed E-state index contributed by atoms with van der Waals surface area (Å²) >= 11 is 0. The van der Waals surface area contributed by atoms with Crippen molar-refractivity contribution in [3.63, 3.8) is 0 Å². The lowest BCUT2D eigenvalue weighted by atomic mass is 9.53. The Morgan fingerprint density at radius 2 is 1.97 bits per heavy atom. The van der Waals surface area contributed by atoms with E-state index in [0.717, 1.165) is 25.7 Å². The van der Waals surface area contributed by atoms with Crippen LogP contribution in [0.2, 0.25) is 0 Å². The number of fused-ring (bicyclic) bond motifs is 1. The van der Waals surface area contributed by atoms with Gasteiger partial charge in [0.1, 0.15) is 25.2 Å². The number of nitrogens with zero attached hydrogens (tertiary/aromatic N) is 3. The average molecular weight is 500 g/mol. The van der Waals surface area contributed by atoms with Gasteiger partial charge in [-0.15, -0.1) is 0 Å². The lowest BCUT2D eigenvalue weighted by Gasteiger charge is -2.57. The molecule has 2 saturated carbocycles. The minimum Gasteiger partial charge on any atom is -0.483 e. The van der Waals surface area contributed by atoms with Gasteiger partial charge in [-0.1, -0.05) is 6.07 Å². The molecule has 3 aromatic heterocycles. The minimum absolute atomic E-state index is 0.0219. The number of primary amides is 1. The molecule has 0 atom stereocenters. The predicted octanol–water partition coefficient (Wildman–Crippen LogP) is 2.56. The quantitative estimate of drug-likeness (QED) is 0.442. The number of aromatic nitrogens is 3. The highest BCUT2D eigenvalue weighted by atomic mass is 19.1. The summed E-state index contributed by atoms with van der Waals surface area (Å²) in [6, 6.07) is 6.81. The Labute approximate surface area is 206 Å². The van der Waals surface area contributed by atoms with E-state index in [0.29, 0.717) is 22.5 Å². The zero-order valence-corrected chi connectivity index (χ0v) is 19.5. The van der Waals surface area contributed by atoms with Crippen LogP contribution in [0, 0.1) is 5.41 Å². The third-order valence-electron chi connectivity index (χ3n) is 6.89. The van der Waals surface area contributed by atoms with Crippen LogP contribution < -0.4 is 20.5 Å². The molecule has 2 aliphatic rings. The van der Waals surface area contributed by atoms with Gasteiger partial charge in [-0.05, 0) is 49.3 Å². The number of carbonyl (C=O) groups excluding carboxylic acids is 2. The van der Waals surface area contributed by atoms with Gasteiger partial charge in [0.25, 0.3) is 5.91 Å². The van der Waals surface area contributed by atoms with Crippen molar-refractivity contribution in [2.24, 2.45) is 11.1 Å². The summed E-state index contributed by atoms with van der Waals surface area (Å²) in [5.41, 5.74) is 7.13. The van der Waals surface area contributed by atoms with Crippen LogP contribution in [0.15, 0.2) is 42.9 Å². The first-order valence-corrected chi connectivity index (χ1v) is 11.8. The van der Waals surface area contributed by atoms with Crippen molar-refractivity contribution in [2.75, 3.05) is 13.3 Å². The van der Waals surface area contributed by atoms with Crippen LogP contribution in [-0.2, 0) is 11.2 Å². The number of nitrogens with two attached hydrogens (primary N) is 1. The highest BCUT2D eigenvalue weighted by Crippen LogP contribution is 2.56. The maximum Gasteiger partial charge on any atom is 0.255 e. The van der Waals surface area contributed by atoms with E-state index in [1.807, 2.05) is 0 Å². The molecule has 0 bridgehead atoms. The second-order valence-corrected chi connectivity index (χ2v) is 9.64. The van der Waals surface area contributed by atoms with E-state index in [2.05, 4.69) is 15.4 Å². The first kappa shape index (κ1) is 24.0. The van der Waals surface area contributed by atoms with E-state index in [1.54, 1.807) is 30.5 Å². The molecule has 9 nitrogen and oxygen atoms in total. The summed E-state index contributed by atoms with van der Waals surface area (Å²) in [6.45, 7) is -1.87. The molecule has 3 N–H and O–H groups in total. The maximum atomic E-state index is 12.9. The van der Waals surface area contributed by atoms with Crippen molar-refractivity contribution in [3.05, 3.63) is 54.0 Å². The van der Waals surface area contributed by atoms with Gasteiger partial charge in [-0.3, -0.25) is 9.59 Å². The standard InChI is InChI=1S/C25H27F2N5O4/c26-11-19(12-27)35-17-3-4-21-20(13-30-32(21)14-17)23(34)31-16-7-25(8-16)9-18(10-25)36-24-15(6-22(28)33)2-1-5-29-24/h1-5,13-14,16,18-19H,6-12H2,(H2,28,33)(H,31,34). The number of pyridine rings is 2. The van der Waals surface area contributed by atoms with E-state index in [-0.39, 0.29) is 35.6 Å². The van der Waals surface area contributed by atoms with Crippen LogP contribution in [0.4, 0.5) is 8.78 Å². The normalized spacial score (nSPS) is 22.8. The van der Waals surface area contributed by atoms with Crippen molar-refractivity contribution in [2.45, 2.75) is 50.4 Å². The summed E-state index contributed by atoms with van der Waals surface area (Å²) in [5, 5.41) is 7.25. The molecule has 2 aliphatic carbocycles. The average Bonchev–Trinajstić information content (AvgIpc) is 3.24. The van der Waals surface area contributed by atoms with E-state index < -0.39 is 25.4 Å². The number of hydrogen-bond acceptors (Lipinski definition) is 6. The molecule has 0 saturated heterocycles. The summed E-state index contributed by atoms with van der Waals surface area (Å²) < 4.78 is 38.2. The van der Waals surface area contributed by atoms with Gasteiger partial charge in [0.05, 0.1) is 29.9 Å². The van der Waals surface area contributed by atoms with Crippen molar-refractivity contribution >= 4 is 17.3 Å². The summed E-state index contributed by atoms with van der Waals surface area (Å²) in [5.74, 6) is 0.0678. The fraction of sp³-hybridized carbons (Fsp3) is 0.440. The number of carbonyl (C=O) groups is 2.